The number of hydrogen-bond donors (Lipinski definition) is 1. The molecule has 0 bridgehead atoms. The van der Waals surface area contributed by atoms with Gasteiger partial charge in [-0.15, -0.1) is 0 Å². The second kappa shape index (κ2) is 5.60. The molecule has 78 valence electrons. The standard InChI is InChI=1S/C11H19N3/c1-3-7-14(4-2)11-6-5-10(8-12)13-9-11/h5-6,9H,3-4,7-8,12H2,1-2H3. The van der Waals surface area contributed by atoms with Crippen molar-refractivity contribution < 1.29 is 0 Å². The van der Waals surface area contributed by atoms with Gasteiger partial charge in [0, 0.05) is 19.6 Å². The molecule has 0 amide bonds. The van der Waals surface area contributed by atoms with Gasteiger partial charge in [-0.3, -0.25) is 4.98 Å². The lowest BCUT2D eigenvalue weighted by atomic mass is 10.3. The molecule has 0 saturated carbocycles. The van der Waals surface area contributed by atoms with Crippen LogP contribution in [-0.2, 0) is 6.54 Å². The highest BCUT2D eigenvalue weighted by molar-refractivity contribution is 5.44. The maximum Gasteiger partial charge on any atom is 0.0552 e. The van der Waals surface area contributed by atoms with Gasteiger partial charge in [-0.2, -0.15) is 0 Å². The molecule has 1 heterocycles. The largest absolute Gasteiger partial charge is 0.371 e. The molecular formula is C11H19N3. The van der Waals surface area contributed by atoms with E-state index < -0.39 is 0 Å². The Morgan fingerprint density at radius 3 is 2.57 bits per heavy atom. The summed E-state index contributed by atoms with van der Waals surface area (Å²) in [6, 6.07) is 4.09. The molecule has 2 N–H and O–H groups in total. The van der Waals surface area contributed by atoms with E-state index in [9.17, 15) is 0 Å². The molecule has 0 aliphatic carbocycles. The molecule has 0 spiro atoms. The molecule has 0 atom stereocenters. The van der Waals surface area contributed by atoms with Gasteiger partial charge in [-0.05, 0) is 25.5 Å². The van der Waals surface area contributed by atoms with Crippen LogP contribution < -0.4 is 10.6 Å². The Kier molecular flexibility index (Phi) is 4.40. The number of pyridine rings is 1. The van der Waals surface area contributed by atoms with Crippen molar-refractivity contribution in [1.82, 2.24) is 4.98 Å². The molecule has 3 heteroatoms. The summed E-state index contributed by atoms with van der Waals surface area (Å²) >= 11 is 0. The van der Waals surface area contributed by atoms with Crippen LogP contribution in [0.5, 0.6) is 0 Å². The van der Waals surface area contributed by atoms with Gasteiger partial charge >= 0.3 is 0 Å². The van der Waals surface area contributed by atoms with E-state index in [0.717, 1.165) is 25.2 Å². The van der Waals surface area contributed by atoms with E-state index in [0.29, 0.717) is 6.54 Å². The normalized spacial score (nSPS) is 10.2. The lowest BCUT2D eigenvalue weighted by Gasteiger charge is -2.21. The maximum atomic E-state index is 5.49. The lowest BCUT2D eigenvalue weighted by Crippen LogP contribution is -2.23. The predicted molar refractivity (Wildman–Crippen MR) is 60.3 cm³/mol. The summed E-state index contributed by atoms with van der Waals surface area (Å²) in [5.41, 5.74) is 7.62. The van der Waals surface area contributed by atoms with E-state index >= 15 is 0 Å². The Balaban J connectivity index is 2.73. The van der Waals surface area contributed by atoms with E-state index in [2.05, 4.69) is 29.8 Å². The van der Waals surface area contributed by atoms with Gasteiger partial charge < -0.3 is 10.6 Å². The second-order valence-corrected chi connectivity index (χ2v) is 3.29. The molecule has 0 saturated heterocycles. The van der Waals surface area contributed by atoms with Crippen molar-refractivity contribution in [3.63, 3.8) is 0 Å². The zero-order chi connectivity index (χ0) is 10.4. The van der Waals surface area contributed by atoms with E-state index in [4.69, 9.17) is 5.73 Å². The molecule has 1 aromatic rings. The fourth-order valence-corrected chi connectivity index (χ4v) is 1.46. The molecule has 0 fully saturated rings. The van der Waals surface area contributed by atoms with Crippen LogP contribution in [0.3, 0.4) is 0 Å². The molecule has 1 aromatic heterocycles. The maximum absolute atomic E-state index is 5.49. The highest BCUT2D eigenvalue weighted by Gasteiger charge is 2.02. The Morgan fingerprint density at radius 1 is 1.36 bits per heavy atom. The van der Waals surface area contributed by atoms with Crippen molar-refractivity contribution >= 4 is 5.69 Å². The topological polar surface area (TPSA) is 42.1 Å². The summed E-state index contributed by atoms with van der Waals surface area (Å²) in [5.74, 6) is 0. The van der Waals surface area contributed by atoms with Gasteiger partial charge in [0.2, 0.25) is 0 Å². The van der Waals surface area contributed by atoms with Gasteiger partial charge in [-0.25, -0.2) is 0 Å². The Morgan fingerprint density at radius 2 is 2.14 bits per heavy atom. The summed E-state index contributed by atoms with van der Waals surface area (Å²) < 4.78 is 0. The number of nitrogens with two attached hydrogens (primary N) is 1. The fraction of sp³-hybridized carbons (Fsp3) is 0.545. The van der Waals surface area contributed by atoms with E-state index in [1.165, 1.54) is 5.69 Å². The first-order valence-corrected chi connectivity index (χ1v) is 5.21. The second-order valence-electron chi connectivity index (χ2n) is 3.29. The average molecular weight is 193 g/mol. The monoisotopic (exact) mass is 193 g/mol. The molecule has 0 unspecified atom stereocenters. The van der Waals surface area contributed by atoms with Crippen molar-refractivity contribution in [1.29, 1.82) is 0 Å². The van der Waals surface area contributed by atoms with Crippen LogP contribution in [0.15, 0.2) is 18.3 Å². The average Bonchev–Trinajstić information content (AvgIpc) is 2.26. The van der Waals surface area contributed by atoms with Crippen molar-refractivity contribution in [2.24, 2.45) is 5.73 Å². The van der Waals surface area contributed by atoms with Crippen molar-refractivity contribution in [3.8, 4) is 0 Å². The third-order valence-corrected chi connectivity index (χ3v) is 2.26. The van der Waals surface area contributed by atoms with Crippen LogP contribution >= 0.6 is 0 Å². The first-order valence-electron chi connectivity index (χ1n) is 5.21. The van der Waals surface area contributed by atoms with E-state index in [1.54, 1.807) is 0 Å². The molecule has 3 nitrogen and oxygen atoms in total. The van der Waals surface area contributed by atoms with Crippen LogP contribution in [0.4, 0.5) is 5.69 Å². The fourth-order valence-electron chi connectivity index (χ4n) is 1.46. The van der Waals surface area contributed by atoms with Gasteiger partial charge in [0.15, 0.2) is 0 Å². The highest BCUT2D eigenvalue weighted by atomic mass is 15.1. The SMILES string of the molecule is CCCN(CC)c1ccc(CN)nc1. The van der Waals surface area contributed by atoms with Gasteiger partial charge in [0.1, 0.15) is 0 Å². The number of anilines is 1. The van der Waals surface area contributed by atoms with Gasteiger partial charge in [0.25, 0.3) is 0 Å². The van der Waals surface area contributed by atoms with Crippen LogP contribution in [0.2, 0.25) is 0 Å². The first kappa shape index (κ1) is 11.0. The van der Waals surface area contributed by atoms with Gasteiger partial charge in [0.05, 0.1) is 17.6 Å². The summed E-state index contributed by atoms with van der Waals surface area (Å²) in [4.78, 5) is 6.59. The van der Waals surface area contributed by atoms with Crippen LogP contribution in [-0.4, -0.2) is 18.1 Å². The molecule has 0 aliphatic heterocycles. The number of nitrogens with zero attached hydrogens (tertiary/aromatic N) is 2. The predicted octanol–water partition coefficient (Wildman–Crippen LogP) is 1.78. The zero-order valence-corrected chi connectivity index (χ0v) is 9.03. The molecular weight excluding hydrogens is 174 g/mol. The van der Waals surface area contributed by atoms with E-state index in [-0.39, 0.29) is 0 Å². The minimum atomic E-state index is 0.514. The van der Waals surface area contributed by atoms with Crippen LogP contribution in [0, 0.1) is 0 Å². The van der Waals surface area contributed by atoms with Crippen molar-refractivity contribution in [2.45, 2.75) is 26.8 Å². The Hall–Kier alpha value is -1.09. The van der Waals surface area contributed by atoms with Crippen molar-refractivity contribution in [2.75, 3.05) is 18.0 Å². The molecule has 1 rings (SSSR count). The number of rotatable bonds is 5. The third-order valence-electron chi connectivity index (χ3n) is 2.26. The Labute approximate surface area is 85.9 Å². The summed E-state index contributed by atoms with van der Waals surface area (Å²) in [6.45, 7) is 6.97. The Bertz CT molecular complexity index is 256. The number of hydrogen-bond acceptors (Lipinski definition) is 3. The smallest absolute Gasteiger partial charge is 0.0552 e. The minimum absolute atomic E-state index is 0.514. The molecule has 0 radical (unpaired) electrons. The lowest BCUT2D eigenvalue weighted by molar-refractivity contribution is 0.788. The van der Waals surface area contributed by atoms with E-state index in [1.807, 2.05) is 12.3 Å². The molecule has 0 aromatic carbocycles. The first-order chi connectivity index (χ1) is 6.81. The highest BCUT2D eigenvalue weighted by Crippen LogP contribution is 2.12. The summed E-state index contributed by atoms with van der Waals surface area (Å²) in [7, 11) is 0. The molecule has 14 heavy (non-hydrogen) atoms. The number of aromatic nitrogens is 1. The minimum Gasteiger partial charge on any atom is -0.371 e. The van der Waals surface area contributed by atoms with Crippen molar-refractivity contribution in [3.05, 3.63) is 24.0 Å². The quantitative estimate of drug-likeness (QED) is 0.775. The molecule has 0 aliphatic rings. The summed E-state index contributed by atoms with van der Waals surface area (Å²) in [5, 5.41) is 0. The summed E-state index contributed by atoms with van der Waals surface area (Å²) in [6.07, 6.45) is 3.06. The van der Waals surface area contributed by atoms with Crippen LogP contribution in [0.25, 0.3) is 0 Å². The van der Waals surface area contributed by atoms with Crippen LogP contribution in [0.1, 0.15) is 26.0 Å². The third kappa shape index (κ3) is 2.70. The van der Waals surface area contributed by atoms with Gasteiger partial charge in [-0.1, -0.05) is 6.92 Å². The zero-order valence-electron chi connectivity index (χ0n) is 9.03.